The fraction of sp³-hybridized carbons (Fsp3) is 0.400. The van der Waals surface area contributed by atoms with Gasteiger partial charge in [-0.05, 0) is 25.5 Å². The number of carbonyl (C=O) groups excluding carboxylic acids is 1. The van der Waals surface area contributed by atoms with Gasteiger partial charge in [0.25, 0.3) is 5.56 Å². The Labute approximate surface area is 77.0 Å². The first kappa shape index (κ1) is 9.71. The second-order valence-corrected chi connectivity index (χ2v) is 3.00. The lowest BCUT2D eigenvalue weighted by atomic mass is 10.2. The molecule has 0 amide bonds. The molecular formula is C10H13NO2. The Hall–Kier alpha value is -1.38. The highest BCUT2D eigenvalue weighted by molar-refractivity contribution is 5.73. The molecule has 3 nitrogen and oxygen atoms in total. The summed E-state index contributed by atoms with van der Waals surface area (Å²) >= 11 is 0. The van der Waals surface area contributed by atoms with E-state index >= 15 is 0 Å². The van der Waals surface area contributed by atoms with Gasteiger partial charge in [-0.1, -0.05) is 6.92 Å². The van der Waals surface area contributed by atoms with Gasteiger partial charge in [0.05, 0.1) is 5.56 Å². The molecule has 0 saturated heterocycles. The van der Waals surface area contributed by atoms with E-state index in [0.29, 0.717) is 12.8 Å². The zero-order valence-corrected chi connectivity index (χ0v) is 7.91. The second kappa shape index (κ2) is 4.03. The summed E-state index contributed by atoms with van der Waals surface area (Å²) in [5.74, 6) is 0. The SMILES string of the molecule is CCCn1c(C)ccc(C=O)c1=O. The first-order valence-electron chi connectivity index (χ1n) is 4.36. The molecule has 0 radical (unpaired) electrons. The van der Waals surface area contributed by atoms with E-state index in [1.807, 2.05) is 13.8 Å². The Morgan fingerprint density at radius 1 is 1.46 bits per heavy atom. The fourth-order valence-corrected chi connectivity index (χ4v) is 1.28. The largest absolute Gasteiger partial charge is 0.312 e. The first-order valence-corrected chi connectivity index (χ1v) is 4.36. The van der Waals surface area contributed by atoms with Gasteiger partial charge in [-0.25, -0.2) is 0 Å². The first-order chi connectivity index (χ1) is 6.20. The van der Waals surface area contributed by atoms with Crippen molar-refractivity contribution in [3.05, 3.63) is 33.7 Å². The van der Waals surface area contributed by atoms with E-state index in [9.17, 15) is 9.59 Å². The topological polar surface area (TPSA) is 39.1 Å². The van der Waals surface area contributed by atoms with Crippen molar-refractivity contribution in [3.8, 4) is 0 Å². The predicted molar refractivity (Wildman–Crippen MR) is 51.1 cm³/mol. The van der Waals surface area contributed by atoms with Crippen LogP contribution < -0.4 is 5.56 Å². The minimum atomic E-state index is -0.183. The summed E-state index contributed by atoms with van der Waals surface area (Å²) in [6, 6.07) is 3.36. The van der Waals surface area contributed by atoms with Gasteiger partial charge in [0.15, 0.2) is 6.29 Å². The number of rotatable bonds is 3. The van der Waals surface area contributed by atoms with Crippen LogP contribution in [0, 0.1) is 6.92 Å². The molecule has 1 aromatic rings. The Kier molecular flexibility index (Phi) is 3.01. The lowest BCUT2D eigenvalue weighted by molar-refractivity contribution is 0.112. The minimum Gasteiger partial charge on any atom is -0.312 e. The number of aromatic nitrogens is 1. The maximum absolute atomic E-state index is 11.5. The third-order valence-electron chi connectivity index (χ3n) is 2.00. The fourth-order valence-electron chi connectivity index (χ4n) is 1.28. The van der Waals surface area contributed by atoms with Gasteiger partial charge in [-0.2, -0.15) is 0 Å². The van der Waals surface area contributed by atoms with Crippen molar-refractivity contribution in [1.82, 2.24) is 4.57 Å². The molecule has 70 valence electrons. The summed E-state index contributed by atoms with van der Waals surface area (Å²) in [5, 5.41) is 0. The summed E-state index contributed by atoms with van der Waals surface area (Å²) in [4.78, 5) is 22.0. The average molecular weight is 179 g/mol. The number of hydrogen-bond acceptors (Lipinski definition) is 2. The molecule has 0 bridgehead atoms. The zero-order chi connectivity index (χ0) is 9.84. The van der Waals surface area contributed by atoms with Gasteiger partial charge < -0.3 is 4.57 Å². The van der Waals surface area contributed by atoms with Gasteiger partial charge in [-0.3, -0.25) is 9.59 Å². The van der Waals surface area contributed by atoms with Crippen LogP contribution in [0.25, 0.3) is 0 Å². The van der Waals surface area contributed by atoms with Crippen LogP contribution in [0.4, 0.5) is 0 Å². The van der Waals surface area contributed by atoms with Crippen molar-refractivity contribution < 1.29 is 4.79 Å². The van der Waals surface area contributed by atoms with Gasteiger partial charge in [0, 0.05) is 12.2 Å². The number of carbonyl (C=O) groups is 1. The number of nitrogens with zero attached hydrogens (tertiary/aromatic N) is 1. The molecule has 0 fully saturated rings. The Balaban J connectivity index is 3.30. The lowest BCUT2D eigenvalue weighted by Gasteiger charge is -2.07. The molecule has 1 heterocycles. The highest BCUT2D eigenvalue weighted by Crippen LogP contribution is 1.97. The van der Waals surface area contributed by atoms with Crippen molar-refractivity contribution in [2.24, 2.45) is 0 Å². The highest BCUT2D eigenvalue weighted by atomic mass is 16.1. The Morgan fingerprint density at radius 2 is 2.15 bits per heavy atom. The molecule has 0 aliphatic heterocycles. The van der Waals surface area contributed by atoms with E-state index in [-0.39, 0.29) is 11.1 Å². The van der Waals surface area contributed by atoms with Gasteiger partial charge >= 0.3 is 0 Å². The van der Waals surface area contributed by atoms with Crippen LogP contribution >= 0.6 is 0 Å². The summed E-state index contributed by atoms with van der Waals surface area (Å²) in [6.07, 6.45) is 1.50. The molecule has 0 spiro atoms. The van der Waals surface area contributed by atoms with Crippen LogP contribution in [0.1, 0.15) is 29.4 Å². The van der Waals surface area contributed by atoms with Gasteiger partial charge in [0.1, 0.15) is 0 Å². The molecule has 0 N–H and O–H groups in total. The van der Waals surface area contributed by atoms with E-state index in [2.05, 4.69) is 0 Å². The summed E-state index contributed by atoms with van der Waals surface area (Å²) in [7, 11) is 0. The van der Waals surface area contributed by atoms with E-state index in [0.717, 1.165) is 12.1 Å². The molecule has 0 aliphatic carbocycles. The molecular weight excluding hydrogens is 166 g/mol. The Bertz CT molecular complexity index is 366. The molecule has 0 unspecified atom stereocenters. The van der Waals surface area contributed by atoms with Gasteiger partial charge in [0.2, 0.25) is 0 Å². The Morgan fingerprint density at radius 3 is 2.69 bits per heavy atom. The molecule has 0 saturated carbocycles. The highest BCUT2D eigenvalue weighted by Gasteiger charge is 2.03. The van der Waals surface area contributed by atoms with Crippen LogP contribution in [0.5, 0.6) is 0 Å². The second-order valence-electron chi connectivity index (χ2n) is 3.00. The third kappa shape index (κ3) is 1.86. The maximum atomic E-state index is 11.5. The van der Waals surface area contributed by atoms with Crippen LogP contribution in [0.3, 0.4) is 0 Å². The van der Waals surface area contributed by atoms with Crippen molar-refractivity contribution >= 4 is 6.29 Å². The number of pyridine rings is 1. The molecule has 13 heavy (non-hydrogen) atoms. The number of aryl methyl sites for hydroxylation is 1. The van der Waals surface area contributed by atoms with E-state index in [1.165, 1.54) is 0 Å². The summed E-state index contributed by atoms with van der Waals surface area (Å²) < 4.78 is 1.63. The van der Waals surface area contributed by atoms with Crippen molar-refractivity contribution in [1.29, 1.82) is 0 Å². The standard InChI is InChI=1S/C10H13NO2/c1-3-6-11-8(2)4-5-9(7-12)10(11)13/h4-5,7H,3,6H2,1-2H3. The average Bonchev–Trinajstić information content (AvgIpc) is 2.12. The van der Waals surface area contributed by atoms with Crippen LogP contribution in [-0.2, 0) is 6.54 Å². The van der Waals surface area contributed by atoms with Gasteiger partial charge in [-0.15, -0.1) is 0 Å². The molecule has 0 atom stereocenters. The third-order valence-corrected chi connectivity index (χ3v) is 2.00. The summed E-state index contributed by atoms with van der Waals surface area (Å²) in [5.41, 5.74) is 0.952. The number of hydrogen-bond donors (Lipinski definition) is 0. The maximum Gasteiger partial charge on any atom is 0.261 e. The van der Waals surface area contributed by atoms with Crippen LogP contribution in [0.2, 0.25) is 0 Å². The van der Waals surface area contributed by atoms with E-state index in [1.54, 1.807) is 16.7 Å². The van der Waals surface area contributed by atoms with Crippen LogP contribution in [0.15, 0.2) is 16.9 Å². The molecule has 1 rings (SSSR count). The summed E-state index contributed by atoms with van der Waals surface area (Å²) in [6.45, 7) is 4.54. The molecule has 1 aromatic heterocycles. The lowest BCUT2D eigenvalue weighted by Crippen LogP contribution is -2.25. The molecule has 3 heteroatoms. The minimum absolute atomic E-state index is 0.183. The van der Waals surface area contributed by atoms with Crippen LogP contribution in [-0.4, -0.2) is 10.9 Å². The van der Waals surface area contributed by atoms with E-state index < -0.39 is 0 Å². The molecule has 0 aliphatic rings. The smallest absolute Gasteiger partial charge is 0.261 e. The van der Waals surface area contributed by atoms with Crippen molar-refractivity contribution in [2.45, 2.75) is 26.8 Å². The quantitative estimate of drug-likeness (QED) is 0.657. The van der Waals surface area contributed by atoms with E-state index in [4.69, 9.17) is 0 Å². The molecule has 0 aromatic carbocycles. The normalized spacial score (nSPS) is 10.0. The van der Waals surface area contributed by atoms with Crippen molar-refractivity contribution in [2.75, 3.05) is 0 Å². The zero-order valence-electron chi connectivity index (χ0n) is 7.91. The number of aldehydes is 1. The van der Waals surface area contributed by atoms with Crippen molar-refractivity contribution in [3.63, 3.8) is 0 Å². The predicted octanol–water partition coefficient (Wildman–Crippen LogP) is 1.38. The monoisotopic (exact) mass is 179 g/mol.